The number of esters is 1. The number of thiazole rings is 1. The van der Waals surface area contributed by atoms with Crippen LogP contribution in [0.15, 0.2) is 48.5 Å². The van der Waals surface area contributed by atoms with Crippen molar-refractivity contribution in [2.24, 2.45) is 0 Å². The number of aromatic nitrogens is 1. The van der Waals surface area contributed by atoms with Crippen molar-refractivity contribution in [3.8, 4) is 0 Å². The number of amides is 1. The number of para-hydroxylation sites is 1. The van der Waals surface area contributed by atoms with Crippen molar-refractivity contribution in [1.29, 1.82) is 0 Å². The van der Waals surface area contributed by atoms with Gasteiger partial charge in [-0.05, 0) is 30.7 Å². The zero-order chi connectivity index (χ0) is 19.9. The van der Waals surface area contributed by atoms with Crippen LogP contribution in [-0.2, 0) is 32.2 Å². The Morgan fingerprint density at radius 3 is 2.71 bits per heavy atom. The van der Waals surface area contributed by atoms with Gasteiger partial charge in [-0.3, -0.25) is 4.79 Å². The van der Waals surface area contributed by atoms with Gasteiger partial charge in [0.15, 0.2) is 6.10 Å². The fourth-order valence-electron chi connectivity index (χ4n) is 2.46. The molecule has 8 heteroatoms. The highest BCUT2D eigenvalue weighted by Gasteiger charge is 2.18. The van der Waals surface area contributed by atoms with Crippen LogP contribution in [0.1, 0.15) is 17.5 Å². The van der Waals surface area contributed by atoms with Gasteiger partial charge in [0.1, 0.15) is 11.6 Å². The van der Waals surface area contributed by atoms with E-state index in [0.29, 0.717) is 5.02 Å². The first kappa shape index (κ1) is 20.3. The largest absolute Gasteiger partial charge is 0.451 e. The number of benzene rings is 2. The maximum absolute atomic E-state index is 12.1. The zero-order valence-electron chi connectivity index (χ0n) is 15.2. The lowest BCUT2D eigenvalue weighted by Crippen LogP contribution is -2.36. The Morgan fingerprint density at radius 2 is 1.93 bits per heavy atom. The minimum atomic E-state index is -0.930. The number of nitrogens with one attached hydrogen (secondary N) is 1. The molecule has 0 aliphatic carbocycles. The van der Waals surface area contributed by atoms with Gasteiger partial charge < -0.3 is 14.8 Å². The van der Waals surface area contributed by atoms with E-state index in [1.165, 1.54) is 18.3 Å². The van der Waals surface area contributed by atoms with Gasteiger partial charge in [0.2, 0.25) is 0 Å². The summed E-state index contributed by atoms with van der Waals surface area (Å²) in [7, 11) is 0. The summed E-state index contributed by atoms with van der Waals surface area (Å²) in [6.07, 6.45) is -0.930. The number of ether oxygens (including phenoxy) is 2. The highest BCUT2D eigenvalue weighted by atomic mass is 35.5. The highest BCUT2D eigenvalue weighted by Crippen LogP contribution is 2.21. The van der Waals surface area contributed by atoms with Gasteiger partial charge >= 0.3 is 5.97 Å². The second-order valence-corrected chi connectivity index (χ2v) is 7.53. The molecule has 1 aromatic heterocycles. The van der Waals surface area contributed by atoms with E-state index < -0.39 is 18.0 Å². The molecule has 28 heavy (non-hydrogen) atoms. The lowest BCUT2D eigenvalue weighted by molar-refractivity contribution is -0.159. The first-order valence-corrected chi connectivity index (χ1v) is 9.85. The quantitative estimate of drug-likeness (QED) is 0.564. The van der Waals surface area contributed by atoms with Crippen LogP contribution < -0.4 is 5.32 Å². The SMILES string of the molecule is C[C@@H](OC(=O)COCc1nc2ccccc2s1)C(=O)NCc1ccccc1Cl. The van der Waals surface area contributed by atoms with Crippen molar-refractivity contribution in [3.63, 3.8) is 0 Å². The van der Waals surface area contributed by atoms with Crippen LogP contribution in [0.5, 0.6) is 0 Å². The zero-order valence-corrected chi connectivity index (χ0v) is 16.8. The summed E-state index contributed by atoms with van der Waals surface area (Å²) < 4.78 is 11.5. The Balaban J connectivity index is 1.39. The van der Waals surface area contributed by atoms with Gasteiger partial charge in [-0.1, -0.05) is 41.9 Å². The van der Waals surface area contributed by atoms with Crippen molar-refractivity contribution in [2.75, 3.05) is 6.61 Å². The van der Waals surface area contributed by atoms with Crippen LogP contribution in [0, 0.1) is 0 Å². The number of hydrogen-bond acceptors (Lipinski definition) is 6. The fraction of sp³-hybridized carbons (Fsp3) is 0.250. The Labute approximate surface area is 171 Å². The number of carbonyl (C=O) groups is 2. The first-order valence-electron chi connectivity index (χ1n) is 8.65. The number of halogens is 1. The third-order valence-corrected chi connectivity index (χ3v) is 5.25. The van der Waals surface area contributed by atoms with Crippen LogP contribution in [0.3, 0.4) is 0 Å². The summed E-state index contributed by atoms with van der Waals surface area (Å²) in [6.45, 7) is 1.72. The summed E-state index contributed by atoms with van der Waals surface area (Å²) in [5.74, 6) is -1.01. The van der Waals surface area contributed by atoms with Crippen molar-refractivity contribution in [2.45, 2.75) is 26.2 Å². The molecule has 146 valence electrons. The van der Waals surface area contributed by atoms with Gasteiger partial charge in [0.05, 0.1) is 16.8 Å². The molecule has 0 aliphatic heterocycles. The predicted octanol–water partition coefficient (Wildman–Crippen LogP) is 3.71. The Morgan fingerprint density at radius 1 is 1.18 bits per heavy atom. The Hall–Kier alpha value is -2.48. The summed E-state index contributed by atoms with van der Waals surface area (Å²) in [4.78, 5) is 28.4. The van der Waals surface area contributed by atoms with E-state index in [4.69, 9.17) is 21.1 Å². The van der Waals surface area contributed by atoms with Crippen LogP contribution in [0.2, 0.25) is 5.02 Å². The lowest BCUT2D eigenvalue weighted by atomic mass is 10.2. The molecule has 0 radical (unpaired) electrons. The Bertz CT molecular complexity index is 943. The number of fused-ring (bicyclic) bond motifs is 1. The minimum Gasteiger partial charge on any atom is -0.451 e. The molecule has 2 aromatic carbocycles. The molecule has 1 amide bonds. The molecule has 0 fully saturated rings. The molecule has 3 rings (SSSR count). The average Bonchev–Trinajstić information content (AvgIpc) is 3.09. The number of rotatable bonds is 8. The fourth-order valence-corrected chi connectivity index (χ4v) is 3.56. The van der Waals surface area contributed by atoms with E-state index in [0.717, 1.165) is 20.8 Å². The van der Waals surface area contributed by atoms with Crippen LogP contribution in [0.25, 0.3) is 10.2 Å². The average molecular weight is 419 g/mol. The maximum atomic E-state index is 12.1. The van der Waals surface area contributed by atoms with E-state index in [9.17, 15) is 9.59 Å². The summed E-state index contributed by atoms with van der Waals surface area (Å²) in [5.41, 5.74) is 1.69. The van der Waals surface area contributed by atoms with Gasteiger partial charge in [-0.2, -0.15) is 0 Å². The third kappa shape index (κ3) is 5.51. The van der Waals surface area contributed by atoms with E-state index in [-0.39, 0.29) is 19.8 Å². The molecule has 1 atom stereocenters. The topological polar surface area (TPSA) is 77.5 Å². The van der Waals surface area contributed by atoms with Crippen molar-refractivity contribution in [3.05, 3.63) is 64.1 Å². The van der Waals surface area contributed by atoms with Crippen LogP contribution >= 0.6 is 22.9 Å². The number of carbonyl (C=O) groups excluding carboxylic acids is 2. The molecular weight excluding hydrogens is 400 g/mol. The monoisotopic (exact) mass is 418 g/mol. The van der Waals surface area contributed by atoms with Gasteiger partial charge in [-0.15, -0.1) is 11.3 Å². The van der Waals surface area contributed by atoms with E-state index >= 15 is 0 Å². The van der Waals surface area contributed by atoms with Crippen LogP contribution in [-0.4, -0.2) is 29.6 Å². The van der Waals surface area contributed by atoms with Crippen molar-refractivity contribution >= 4 is 45.0 Å². The molecular formula is C20H19ClN2O4S. The minimum absolute atomic E-state index is 0.210. The Kier molecular flexibility index (Phi) is 6.97. The highest BCUT2D eigenvalue weighted by molar-refractivity contribution is 7.18. The molecule has 0 unspecified atom stereocenters. The second-order valence-electron chi connectivity index (χ2n) is 6.01. The van der Waals surface area contributed by atoms with Crippen molar-refractivity contribution in [1.82, 2.24) is 10.3 Å². The van der Waals surface area contributed by atoms with Crippen LogP contribution in [0.4, 0.5) is 0 Å². The molecule has 0 aliphatic rings. The normalized spacial score (nSPS) is 11.9. The molecule has 0 saturated heterocycles. The molecule has 3 aromatic rings. The van der Waals surface area contributed by atoms with E-state index in [1.807, 2.05) is 42.5 Å². The summed E-state index contributed by atoms with van der Waals surface area (Å²) in [6, 6.07) is 15.0. The summed E-state index contributed by atoms with van der Waals surface area (Å²) in [5, 5.41) is 4.03. The number of hydrogen-bond donors (Lipinski definition) is 1. The predicted molar refractivity (Wildman–Crippen MR) is 108 cm³/mol. The smallest absolute Gasteiger partial charge is 0.332 e. The van der Waals surface area contributed by atoms with Gasteiger partial charge in [-0.25, -0.2) is 9.78 Å². The van der Waals surface area contributed by atoms with Gasteiger partial charge in [0.25, 0.3) is 5.91 Å². The van der Waals surface area contributed by atoms with Gasteiger partial charge in [0, 0.05) is 11.6 Å². The molecule has 1 heterocycles. The maximum Gasteiger partial charge on any atom is 0.332 e. The van der Waals surface area contributed by atoms with Crippen molar-refractivity contribution < 1.29 is 19.1 Å². The third-order valence-electron chi connectivity index (χ3n) is 3.87. The second kappa shape index (κ2) is 9.64. The lowest BCUT2D eigenvalue weighted by Gasteiger charge is -2.14. The molecule has 0 spiro atoms. The van der Waals surface area contributed by atoms with E-state index in [2.05, 4.69) is 10.3 Å². The molecule has 0 saturated carbocycles. The molecule has 6 nitrogen and oxygen atoms in total. The first-order chi connectivity index (χ1) is 13.5. The number of nitrogens with zero attached hydrogens (tertiary/aromatic N) is 1. The van der Waals surface area contributed by atoms with E-state index in [1.54, 1.807) is 6.07 Å². The molecule has 0 bridgehead atoms. The molecule has 1 N–H and O–H groups in total. The summed E-state index contributed by atoms with van der Waals surface area (Å²) >= 11 is 7.56. The standard InChI is InChI=1S/C20H19ClN2O4S/c1-13(20(25)22-10-14-6-2-3-7-15(14)21)27-19(24)12-26-11-18-23-16-8-4-5-9-17(16)28-18/h2-9,13H,10-12H2,1H3,(H,22,25)/t13-/m1/s1.